The SMILES string of the molecule is [O-]/C(=N\c1c[n+](Cc2ccc(C(F)(F)F)cc2)no1)Nc1ccccc1. The minimum absolute atomic E-state index is 0.0228. The van der Waals surface area contributed by atoms with E-state index in [9.17, 15) is 18.3 Å². The van der Waals surface area contributed by atoms with E-state index < -0.39 is 17.8 Å². The molecule has 0 aliphatic rings. The fourth-order valence-corrected chi connectivity index (χ4v) is 2.15. The number of halogens is 3. The molecule has 0 bridgehead atoms. The van der Waals surface area contributed by atoms with Crippen LogP contribution < -0.4 is 15.1 Å². The van der Waals surface area contributed by atoms with Gasteiger partial charge in [-0.2, -0.15) is 13.2 Å². The monoisotopic (exact) mass is 362 g/mol. The van der Waals surface area contributed by atoms with Crippen molar-refractivity contribution in [1.82, 2.24) is 5.27 Å². The van der Waals surface area contributed by atoms with Crippen LogP contribution >= 0.6 is 0 Å². The van der Waals surface area contributed by atoms with E-state index in [4.69, 9.17) is 4.52 Å². The predicted octanol–water partition coefficient (Wildman–Crippen LogP) is 2.49. The molecule has 0 saturated heterocycles. The minimum Gasteiger partial charge on any atom is -0.846 e. The molecule has 3 rings (SSSR count). The van der Waals surface area contributed by atoms with Gasteiger partial charge < -0.3 is 10.4 Å². The number of amidine groups is 1. The van der Waals surface area contributed by atoms with E-state index in [0.29, 0.717) is 11.3 Å². The molecule has 3 aromatic rings. The normalized spacial score (nSPS) is 12.2. The molecule has 134 valence electrons. The van der Waals surface area contributed by atoms with Crippen LogP contribution in [0, 0.1) is 0 Å². The Balaban J connectivity index is 1.65. The average Bonchev–Trinajstić information content (AvgIpc) is 3.02. The number of nitrogens with zero attached hydrogens (tertiary/aromatic N) is 3. The summed E-state index contributed by atoms with van der Waals surface area (Å²) >= 11 is 0. The van der Waals surface area contributed by atoms with E-state index in [2.05, 4.69) is 15.6 Å². The third kappa shape index (κ3) is 4.59. The van der Waals surface area contributed by atoms with Crippen molar-refractivity contribution in [1.29, 1.82) is 0 Å². The molecule has 0 atom stereocenters. The highest BCUT2D eigenvalue weighted by Gasteiger charge is 2.30. The predicted molar refractivity (Wildman–Crippen MR) is 84.4 cm³/mol. The van der Waals surface area contributed by atoms with Crippen molar-refractivity contribution in [3.63, 3.8) is 0 Å². The molecule has 1 heterocycles. The van der Waals surface area contributed by atoms with Gasteiger partial charge in [0.25, 0.3) is 6.20 Å². The Hall–Kier alpha value is -3.36. The highest BCUT2D eigenvalue weighted by atomic mass is 19.4. The van der Waals surface area contributed by atoms with Crippen LogP contribution in [0.3, 0.4) is 0 Å². The van der Waals surface area contributed by atoms with Crippen LogP contribution in [0.1, 0.15) is 11.1 Å². The van der Waals surface area contributed by atoms with E-state index in [-0.39, 0.29) is 12.4 Å². The number of aromatic nitrogens is 2. The Morgan fingerprint density at radius 3 is 2.46 bits per heavy atom. The first kappa shape index (κ1) is 17.5. The molecule has 0 spiro atoms. The Bertz CT molecular complexity index is 890. The van der Waals surface area contributed by atoms with Crippen molar-refractivity contribution in [2.45, 2.75) is 12.7 Å². The molecule has 1 N–H and O–H groups in total. The van der Waals surface area contributed by atoms with Crippen LogP contribution in [0.25, 0.3) is 0 Å². The molecule has 0 radical (unpaired) electrons. The molecule has 6 nitrogen and oxygen atoms in total. The van der Waals surface area contributed by atoms with Crippen molar-refractivity contribution in [2.24, 2.45) is 4.99 Å². The number of anilines is 1. The van der Waals surface area contributed by atoms with Gasteiger partial charge in [0.15, 0.2) is 0 Å². The van der Waals surface area contributed by atoms with Gasteiger partial charge in [-0.1, -0.05) is 30.3 Å². The van der Waals surface area contributed by atoms with Gasteiger partial charge in [0.2, 0.25) is 11.8 Å². The lowest BCUT2D eigenvalue weighted by atomic mass is 10.1. The maximum absolute atomic E-state index is 12.5. The average molecular weight is 362 g/mol. The van der Waals surface area contributed by atoms with Crippen LogP contribution in [-0.2, 0) is 12.7 Å². The van der Waals surface area contributed by atoms with Gasteiger partial charge in [-0.15, -0.1) is 0 Å². The Morgan fingerprint density at radius 2 is 1.81 bits per heavy atom. The maximum atomic E-state index is 12.5. The van der Waals surface area contributed by atoms with Gasteiger partial charge in [0.1, 0.15) is 0 Å². The van der Waals surface area contributed by atoms with Crippen LogP contribution in [0.4, 0.5) is 24.7 Å². The second kappa shape index (κ2) is 7.26. The highest BCUT2D eigenvalue weighted by molar-refractivity contribution is 5.86. The number of para-hydroxylation sites is 1. The zero-order chi connectivity index (χ0) is 18.6. The Kier molecular flexibility index (Phi) is 4.87. The lowest BCUT2D eigenvalue weighted by Gasteiger charge is -2.11. The molecule has 0 amide bonds. The molecule has 0 aliphatic heterocycles. The number of hydrogen-bond acceptors (Lipinski definition) is 4. The lowest BCUT2D eigenvalue weighted by Crippen LogP contribution is -2.35. The second-order valence-corrected chi connectivity index (χ2v) is 5.34. The van der Waals surface area contributed by atoms with E-state index in [0.717, 1.165) is 12.1 Å². The largest absolute Gasteiger partial charge is 0.846 e. The second-order valence-electron chi connectivity index (χ2n) is 5.34. The Labute approximate surface area is 146 Å². The minimum atomic E-state index is -4.38. The fourth-order valence-electron chi connectivity index (χ4n) is 2.15. The molecule has 0 unspecified atom stereocenters. The lowest BCUT2D eigenvalue weighted by molar-refractivity contribution is -0.754. The van der Waals surface area contributed by atoms with Crippen LogP contribution in [-0.4, -0.2) is 11.3 Å². The van der Waals surface area contributed by atoms with Crippen LogP contribution in [0.5, 0.6) is 0 Å². The summed E-state index contributed by atoms with van der Waals surface area (Å²) in [5.74, 6) is -0.0228. The van der Waals surface area contributed by atoms with Crippen molar-refractivity contribution >= 4 is 17.6 Å². The van der Waals surface area contributed by atoms with Gasteiger partial charge >= 0.3 is 12.1 Å². The van der Waals surface area contributed by atoms with Crippen molar-refractivity contribution in [3.8, 4) is 0 Å². The van der Waals surface area contributed by atoms with Crippen LogP contribution in [0.2, 0.25) is 0 Å². The first-order valence-corrected chi connectivity index (χ1v) is 7.50. The van der Waals surface area contributed by atoms with Crippen molar-refractivity contribution < 1.29 is 27.5 Å². The number of nitrogens with one attached hydrogen (secondary N) is 1. The zero-order valence-corrected chi connectivity index (χ0v) is 13.3. The number of benzene rings is 2. The maximum Gasteiger partial charge on any atom is 0.416 e. The molecule has 0 aliphatic carbocycles. The summed E-state index contributed by atoms with van der Waals surface area (Å²) in [6.07, 6.45) is -3.00. The zero-order valence-electron chi connectivity index (χ0n) is 13.3. The van der Waals surface area contributed by atoms with Gasteiger partial charge in [0.05, 0.1) is 11.6 Å². The quantitative estimate of drug-likeness (QED) is 0.439. The standard InChI is InChI=1S/C17H13F3N4O2/c18-17(19,20)13-8-6-12(7-9-13)10-24-11-15(26-23-24)22-16(25)21-14-4-2-1-3-5-14/h1-9,11H,10H2,(H-,21,22,23,25). The first-order chi connectivity index (χ1) is 12.4. The summed E-state index contributed by atoms with van der Waals surface area (Å²) in [5, 5.41) is 18.0. The van der Waals surface area contributed by atoms with E-state index in [1.165, 1.54) is 23.0 Å². The van der Waals surface area contributed by atoms with Crippen molar-refractivity contribution in [3.05, 3.63) is 71.9 Å². The Morgan fingerprint density at radius 1 is 1.12 bits per heavy atom. The van der Waals surface area contributed by atoms with E-state index in [1.54, 1.807) is 24.3 Å². The van der Waals surface area contributed by atoms with E-state index >= 15 is 0 Å². The molecule has 0 saturated carbocycles. The molecule has 9 heteroatoms. The van der Waals surface area contributed by atoms with E-state index in [1.807, 2.05) is 6.07 Å². The summed E-state index contributed by atoms with van der Waals surface area (Å²) in [7, 11) is 0. The summed E-state index contributed by atoms with van der Waals surface area (Å²) in [5.41, 5.74) is 0.453. The summed E-state index contributed by atoms with van der Waals surface area (Å²) in [4.78, 5) is 3.71. The molecule has 1 aromatic heterocycles. The number of alkyl halides is 3. The van der Waals surface area contributed by atoms with Gasteiger partial charge in [-0.25, -0.2) is 4.99 Å². The molecule has 26 heavy (non-hydrogen) atoms. The van der Waals surface area contributed by atoms with Gasteiger partial charge in [-0.05, 0) is 28.9 Å². The highest BCUT2D eigenvalue weighted by Crippen LogP contribution is 2.29. The van der Waals surface area contributed by atoms with Crippen molar-refractivity contribution in [2.75, 3.05) is 5.32 Å². The summed E-state index contributed by atoms with van der Waals surface area (Å²) in [6.45, 7) is 0.178. The third-order valence-electron chi connectivity index (χ3n) is 3.36. The number of rotatable bonds is 4. The number of hydrogen-bond donors (Lipinski definition) is 1. The third-order valence-corrected chi connectivity index (χ3v) is 3.36. The molecule has 0 fully saturated rings. The van der Waals surface area contributed by atoms with Crippen LogP contribution in [0.15, 0.2) is 70.3 Å². The molecular formula is C17H13F3N4O2. The smallest absolute Gasteiger partial charge is 0.416 e. The molecule has 2 aromatic carbocycles. The molecular weight excluding hydrogens is 349 g/mol. The van der Waals surface area contributed by atoms with Gasteiger partial charge in [0, 0.05) is 11.3 Å². The topological polar surface area (TPSA) is 77.4 Å². The summed E-state index contributed by atoms with van der Waals surface area (Å²) < 4.78 is 43.9. The van der Waals surface area contributed by atoms with Gasteiger partial charge in [-0.3, -0.25) is 4.52 Å². The summed E-state index contributed by atoms with van der Waals surface area (Å²) in [6, 6.07) is 12.8. The fraction of sp³-hybridized carbons (Fsp3) is 0.118. The first-order valence-electron chi connectivity index (χ1n) is 7.50. The number of aliphatic imine (C=N–C) groups is 1.